The largest absolute Gasteiger partial charge is 0.465 e. The molecule has 0 atom stereocenters. The number of ketones is 1. The summed E-state index contributed by atoms with van der Waals surface area (Å²) >= 11 is 0. The van der Waals surface area contributed by atoms with E-state index in [1.807, 2.05) is 6.07 Å². The van der Waals surface area contributed by atoms with Crippen LogP contribution in [-0.2, 0) is 4.74 Å². The molecular weight excluding hydrogens is 308 g/mol. The van der Waals surface area contributed by atoms with Crippen LogP contribution >= 0.6 is 0 Å². The van der Waals surface area contributed by atoms with E-state index >= 15 is 0 Å². The third kappa shape index (κ3) is 1.80. The number of methoxy groups -OCH3 is 1. The highest BCUT2D eigenvalue weighted by Crippen LogP contribution is 2.43. The molecule has 6 heteroatoms. The van der Waals surface area contributed by atoms with Gasteiger partial charge in [-0.15, -0.1) is 0 Å². The Morgan fingerprint density at radius 2 is 1.88 bits per heavy atom. The van der Waals surface area contributed by atoms with Crippen LogP contribution in [0.5, 0.6) is 0 Å². The van der Waals surface area contributed by atoms with Crippen LogP contribution in [0.1, 0.15) is 26.3 Å². The van der Waals surface area contributed by atoms with Gasteiger partial charge in [-0.05, 0) is 12.1 Å². The first-order valence-electron chi connectivity index (χ1n) is 7.23. The van der Waals surface area contributed by atoms with E-state index in [9.17, 15) is 9.59 Å². The van der Waals surface area contributed by atoms with Crippen LogP contribution in [0.25, 0.3) is 22.6 Å². The number of pyridine rings is 1. The Bertz CT molecular complexity index is 991. The number of rotatable bonds is 2. The average Bonchev–Trinajstić information content (AvgIpc) is 3.22. The number of nitrogens with two attached hydrogens (primary N) is 1. The van der Waals surface area contributed by atoms with Gasteiger partial charge in [-0.1, -0.05) is 24.3 Å². The molecule has 0 spiro atoms. The van der Waals surface area contributed by atoms with Crippen molar-refractivity contribution in [1.29, 1.82) is 0 Å². The number of ether oxygens (including phenoxy) is 1. The highest BCUT2D eigenvalue weighted by Gasteiger charge is 2.36. The molecule has 6 nitrogen and oxygen atoms in total. The van der Waals surface area contributed by atoms with Gasteiger partial charge in [0.25, 0.3) is 0 Å². The van der Waals surface area contributed by atoms with Crippen molar-refractivity contribution in [3.05, 3.63) is 59.4 Å². The Morgan fingerprint density at radius 1 is 1.12 bits per heavy atom. The lowest BCUT2D eigenvalue weighted by Crippen LogP contribution is -2.13. The van der Waals surface area contributed by atoms with Crippen molar-refractivity contribution in [3.63, 3.8) is 0 Å². The number of hydrogen-bond acceptors (Lipinski definition) is 6. The van der Waals surface area contributed by atoms with E-state index in [0.717, 1.165) is 0 Å². The molecule has 118 valence electrons. The number of fused-ring (bicyclic) bond motifs is 3. The molecule has 2 heterocycles. The lowest BCUT2D eigenvalue weighted by Gasteiger charge is -2.12. The summed E-state index contributed by atoms with van der Waals surface area (Å²) in [4.78, 5) is 29.4. The number of nitrogen functional groups attached to an aromatic ring is 1. The number of anilines is 1. The van der Waals surface area contributed by atoms with E-state index in [0.29, 0.717) is 33.7 Å². The number of carbonyl (C=O) groups is 2. The van der Waals surface area contributed by atoms with Crippen LogP contribution in [0.15, 0.2) is 47.1 Å². The third-order valence-corrected chi connectivity index (χ3v) is 4.04. The average molecular weight is 320 g/mol. The molecule has 0 bridgehead atoms. The molecule has 4 rings (SSSR count). The minimum absolute atomic E-state index is 0.00324. The number of furan rings is 1. The summed E-state index contributed by atoms with van der Waals surface area (Å²) in [7, 11) is 1.25. The van der Waals surface area contributed by atoms with Gasteiger partial charge in [-0.25, -0.2) is 9.78 Å². The van der Waals surface area contributed by atoms with Gasteiger partial charge < -0.3 is 14.9 Å². The molecule has 1 aliphatic rings. The summed E-state index contributed by atoms with van der Waals surface area (Å²) in [6, 6.07) is 10.5. The highest BCUT2D eigenvalue weighted by molar-refractivity contribution is 6.25. The van der Waals surface area contributed by atoms with Crippen LogP contribution in [0.4, 0.5) is 5.82 Å². The number of carbonyl (C=O) groups excluding carboxylic acids is 2. The number of benzene rings is 1. The Balaban J connectivity index is 2.13. The van der Waals surface area contributed by atoms with Crippen molar-refractivity contribution in [1.82, 2.24) is 4.98 Å². The standard InChI is InChI=1S/C18H12N2O4/c1-23-18(22)14-12(11-7-4-8-24-11)13-15(20-17(14)19)9-5-2-3-6-10(9)16(13)21/h2-8H,1H3,(H2,19,20). The Kier molecular flexibility index (Phi) is 2.99. The first-order chi connectivity index (χ1) is 11.6. The fourth-order valence-corrected chi connectivity index (χ4v) is 3.02. The summed E-state index contributed by atoms with van der Waals surface area (Å²) < 4.78 is 10.3. The molecule has 0 saturated heterocycles. The van der Waals surface area contributed by atoms with E-state index in [4.69, 9.17) is 14.9 Å². The molecule has 2 N–H and O–H groups in total. The van der Waals surface area contributed by atoms with Crippen molar-refractivity contribution in [2.45, 2.75) is 0 Å². The summed E-state index contributed by atoms with van der Waals surface area (Å²) in [6.45, 7) is 0. The predicted molar refractivity (Wildman–Crippen MR) is 86.6 cm³/mol. The van der Waals surface area contributed by atoms with Crippen LogP contribution in [0.2, 0.25) is 0 Å². The number of nitrogens with zero attached hydrogens (tertiary/aromatic N) is 1. The fourth-order valence-electron chi connectivity index (χ4n) is 3.02. The maximum Gasteiger partial charge on any atom is 0.342 e. The molecular formula is C18H12N2O4. The maximum absolute atomic E-state index is 12.9. The number of hydrogen-bond donors (Lipinski definition) is 1. The lowest BCUT2D eigenvalue weighted by molar-refractivity contribution is 0.0602. The Morgan fingerprint density at radius 3 is 2.54 bits per heavy atom. The molecule has 0 aliphatic heterocycles. The molecule has 3 aromatic rings. The molecule has 2 aromatic heterocycles. The summed E-state index contributed by atoms with van der Waals surface area (Å²) in [5.74, 6) is -0.527. The zero-order valence-electron chi connectivity index (χ0n) is 12.7. The van der Waals surface area contributed by atoms with Crippen LogP contribution in [0, 0.1) is 0 Å². The van der Waals surface area contributed by atoms with Crippen LogP contribution in [-0.4, -0.2) is 23.8 Å². The van der Waals surface area contributed by atoms with E-state index in [-0.39, 0.29) is 17.2 Å². The zero-order valence-corrected chi connectivity index (χ0v) is 12.7. The molecule has 0 radical (unpaired) electrons. The van der Waals surface area contributed by atoms with Gasteiger partial charge in [-0.3, -0.25) is 4.79 Å². The summed E-state index contributed by atoms with van der Waals surface area (Å²) in [6.07, 6.45) is 1.46. The van der Waals surface area contributed by atoms with Gasteiger partial charge in [0, 0.05) is 16.7 Å². The first-order valence-corrected chi connectivity index (χ1v) is 7.23. The quantitative estimate of drug-likeness (QED) is 0.571. The third-order valence-electron chi connectivity index (χ3n) is 4.04. The van der Waals surface area contributed by atoms with Gasteiger partial charge in [0.05, 0.1) is 24.6 Å². The van der Waals surface area contributed by atoms with Crippen molar-refractivity contribution in [3.8, 4) is 22.6 Å². The number of esters is 1. The topological polar surface area (TPSA) is 95.4 Å². The second-order valence-electron chi connectivity index (χ2n) is 5.31. The molecule has 0 saturated carbocycles. The van der Waals surface area contributed by atoms with Crippen LogP contribution < -0.4 is 5.73 Å². The van der Waals surface area contributed by atoms with Crippen molar-refractivity contribution in [2.24, 2.45) is 0 Å². The fraction of sp³-hybridized carbons (Fsp3) is 0.0556. The smallest absolute Gasteiger partial charge is 0.342 e. The van der Waals surface area contributed by atoms with Gasteiger partial charge in [0.1, 0.15) is 17.1 Å². The minimum atomic E-state index is -0.669. The molecule has 0 amide bonds. The monoisotopic (exact) mass is 320 g/mol. The van der Waals surface area contributed by atoms with Gasteiger partial charge in [0.2, 0.25) is 0 Å². The SMILES string of the molecule is COC(=O)c1c(N)nc2c(c1-c1ccco1)C(=O)c1ccccc1-2. The molecule has 0 unspecified atom stereocenters. The lowest BCUT2D eigenvalue weighted by atomic mass is 9.97. The summed E-state index contributed by atoms with van der Waals surface area (Å²) in [5.41, 5.74) is 8.33. The van der Waals surface area contributed by atoms with Crippen molar-refractivity contribution < 1.29 is 18.7 Å². The first kappa shape index (κ1) is 14.2. The number of aromatic nitrogens is 1. The normalized spacial score (nSPS) is 12.0. The second kappa shape index (κ2) is 5.06. The summed E-state index contributed by atoms with van der Waals surface area (Å²) in [5, 5.41) is 0. The van der Waals surface area contributed by atoms with E-state index in [1.54, 1.807) is 30.3 Å². The van der Waals surface area contributed by atoms with Crippen molar-refractivity contribution >= 4 is 17.6 Å². The minimum Gasteiger partial charge on any atom is -0.465 e. The Hall–Kier alpha value is -3.41. The van der Waals surface area contributed by atoms with E-state index < -0.39 is 5.97 Å². The molecule has 1 aliphatic carbocycles. The van der Waals surface area contributed by atoms with Crippen LogP contribution in [0.3, 0.4) is 0 Å². The predicted octanol–water partition coefficient (Wildman–Crippen LogP) is 2.92. The van der Waals surface area contributed by atoms with E-state index in [2.05, 4.69) is 4.98 Å². The molecule has 24 heavy (non-hydrogen) atoms. The molecule has 1 aromatic carbocycles. The Labute approximate surface area is 136 Å². The zero-order chi connectivity index (χ0) is 16.8. The van der Waals surface area contributed by atoms with Crippen molar-refractivity contribution in [2.75, 3.05) is 12.8 Å². The van der Waals surface area contributed by atoms with Gasteiger partial charge in [-0.2, -0.15) is 0 Å². The molecule has 0 fully saturated rings. The van der Waals surface area contributed by atoms with Gasteiger partial charge in [0.15, 0.2) is 5.78 Å². The maximum atomic E-state index is 12.9. The highest BCUT2D eigenvalue weighted by atomic mass is 16.5. The van der Waals surface area contributed by atoms with Gasteiger partial charge >= 0.3 is 5.97 Å². The van der Waals surface area contributed by atoms with E-state index in [1.165, 1.54) is 13.4 Å². The second-order valence-corrected chi connectivity index (χ2v) is 5.31.